The third-order valence-electron chi connectivity index (χ3n) is 4.73. The number of carbonyl (C=O) groups is 2. The van der Waals surface area contributed by atoms with Crippen molar-refractivity contribution in [2.24, 2.45) is 0 Å². The van der Waals surface area contributed by atoms with Crippen molar-refractivity contribution < 1.29 is 23.8 Å². The van der Waals surface area contributed by atoms with Gasteiger partial charge in [-0.3, -0.25) is 10.1 Å². The number of nitrogens with one attached hydrogen (secondary N) is 3. The highest BCUT2D eigenvalue weighted by atomic mass is 32.1. The number of para-hydroxylation sites is 2. The molecular weight excluding hydrogens is 444 g/mol. The Morgan fingerprint density at radius 2 is 1.67 bits per heavy atom. The summed E-state index contributed by atoms with van der Waals surface area (Å²) in [5.74, 6) is 1.59. The molecular formula is C23H26N4O5S. The highest BCUT2D eigenvalue weighted by Gasteiger charge is 2.17. The topological polar surface area (TPSA) is 111 Å². The predicted molar refractivity (Wildman–Crippen MR) is 128 cm³/mol. The molecule has 0 saturated heterocycles. The molecule has 174 valence electrons. The van der Waals surface area contributed by atoms with Crippen LogP contribution in [0.25, 0.3) is 0 Å². The molecule has 10 heteroatoms. The van der Waals surface area contributed by atoms with Crippen LogP contribution in [0.4, 0.5) is 15.6 Å². The van der Waals surface area contributed by atoms with E-state index in [0.29, 0.717) is 51.6 Å². The molecule has 0 saturated carbocycles. The van der Waals surface area contributed by atoms with Crippen LogP contribution in [0.5, 0.6) is 17.2 Å². The first-order valence-corrected chi connectivity index (χ1v) is 10.9. The lowest BCUT2D eigenvalue weighted by molar-refractivity contribution is 0.0957. The number of methoxy groups -OCH3 is 3. The molecule has 33 heavy (non-hydrogen) atoms. The van der Waals surface area contributed by atoms with Crippen LogP contribution in [0.2, 0.25) is 0 Å². The van der Waals surface area contributed by atoms with Gasteiger partial charge in [-0.1, -0.05) is 29.5 Å². The SMILES string of the molecule is COc1ccccc1NC(=O)Nc1nc(C)c(C(=O)NCCc2ccc(OC)c(OC)c2)s1. The maximum Gasteiger partial charge on any atom is 0.325 e. The lowest BCUT2D eigenvalue weighted by Gasteiger charge is -2.10. The Labute approximate surface area is 196 Å². The van der Waals surface area contributed by atoms with Crippen LogP contribution in [0, 0.1) is 6.92 Å². The molecule has 3 aromatic rings. The van der Waals surface area contributed by atoms with E-state index in [1.165, 1.54) is 7.11 Å². The number of urea groups is 1. The van der Waals surface area contributed by atoms with Gasteiger partial charge in [-0.25, -0.2) is 9.78 Å². The van der Waals surface area contributed by atoms with Crippen LogP contribution < -0.4 is 30.2 Å². The van der Waals surface area contributed by atoms with Crippen LogP contribution in [0.15, 0.2) is 42.5 Å². The molecule has 0 atom stereocenters. The smallest absolute Gasteiger partial charge is 0.325 e. The Hall–Kier alpha value is -3.79. The van der Waals surface area contributed by atoms with Crippen LogP contribution >= 0.6 is 11.3 Å². The summed E-state index contributed by atoms with van der Waals surface area (Å²) in [6, 6.07) is 12.2. The number of hydrogen-bond donors (Lipinski definition) is 3. The first-order valence-electron chi connectivity index (χ1n) is 10.1. The molecule has 2 aromatic carbocycles. The Balaban J connectivity index is 1.56. The zero-order valence-electron chi connectivity index (χ0n) is 18.9. The molecule has 0 unspecified atom stereocenters. The molecule has 9 nitrogen and oxygen atoms in total. The number of thiazole rings is 1. The van der Waals surface area contributed by atoms with Crippen molar-refractivity contribution in [2.45, 2.75) is 13.3 Å². The molecule has 0 spiro atoms. The predicted octanol–water partition coefficient (Wildman–Crippen LogP) is 4.09. The Morgan fingerprint density at radius 3 is 2.39 bits per heavy atom. The number of rotatable bonds is 9. The summed E-state index contributed by atoms with van der Waals surface area (Å²) in [4.78, 5) is 29.7. The maximum atomic E-state index is 12.6. The molecule has 3 rings (SSSR count). The standard InChI is InChI=1S/C23H26N4O5S/c1-14-20(21(28)24-12-11-15-9-10-18(31-3)19(13-15)32-4)33-23(25-14)27-22(29)26-16-7-5-6-8-17(16)30-2/h5-10,13H,11-12H2,1-4H3,(H,24,28)(H2,25,26,27,29). The van der Waals surface area contributed by atoms with E-state index in [-0.39, 0.29) is 5.91 Å². The van der Waals surface area contributed by atoms with Gasteiger partial charge in [-0.2, -0.15) is 0 Å². The molecule has 0 bridgehead atoms. The second kappa shape index (κ2) is 11.2. The number of anilines is 2. The Kier molecular flexibility index (Phi) is 8.09. The van der Waals surface area contributed by atoms with E-state index in [1.54, 1.807) is 39.3 Å². The second-order valence-electron chi connectivity index (χ2n) is 6.91. The largest absolute Gasteiger partial charge is 0.495 e. The third-order valence-corrected chi connectivity index (χ3v) is 5.80. The molecule has 3 N–H and O–H groups in total. The van der Waals surface area contributed by atoms with E-state index in [0.717, 1.165) is 16.9 Å². The van der Waals surface area contributed by atoms with Gasteiger partial charge in [0.05, 0.1) is 32.7 Å². The summed E-state index contributed by atoms with van der Waals surface area (Å²) >= 11 is 1.11. The monoisotopic (exact) mass is 470 g/mol. The number of aryl methyl sites for hydroxylation is 1. The van der Waals surface area contributed by atoms with Gasteiger partial charge in [0.25, 0.3) is 5.91 Å². The van der Waals surface area contributed by atoms with Crippen molar-refractivity contribution in [3.05, 3.63) is 58.6 Å². The van der Waals surface area contributed by atoms with Gasteiger partial charge in [-0.05, 0) is 43.2 Å². The van der Waals surface area contributed by atoms with Crippen LogP contribution in [-0.2, 0) is 6.42 Å². The van der Waals surface area contributed by atoms with Crippen LogP contribution in [0.3, 0.4) is 0 Å². The van der Waals surface area contributed by atoms with Gasteiger partial charge in [0, 0.05) is 6.54 Å². The molecule has 3 amide bonds. The first kappa shape index (κ1) is 23.9. The van der Waals surface area contributed by atoms with Crippen LogP contribution in [0.1, 0.15) is 20.9 Å². The van der Waals surface area contributed by atoms with Crippen molar-refractivity contribution in [3.8, 4) is 17.2 Å². The summed E-state index contributed by atoms with van der Waals surface area (Å²) in [5, 5.41) is 8.58. The second-order valence-corrected chi connectivity index (χ2v) is 7.91. The van der Waals surface area contributed by atoms with Crippen molar-refractivity contribution in [3.63, 3.8) is 0 Å². The zero-order chi connectivity index (χ0) is 23.8. The first-order chi connectivity index (χ1) is 15.9. The van der Waals surface area contributed by atoms with E-state index >= 15 is 0 Å². The fraction of sp³-hybridized carbons (Fsp3) is 0.261. The number of carbonyl (C=O) groups excluding carboxylic acids is 2. The zero-order valence-corrected chi connectivity index (χ0v) is 19.7. The highest BCUT2D eigenvalue weighted by molar-refractivity contribution is 7.17. The number of ether oxygens (including phenoxy) is 3. The number of hydrogen-bond acceptors (Lipinski definition) is 7. The van der Waals surface area contributed by atoms with Crippen molar-refractivity contribution in [2.75, 3.05) is 38.5 Å². The van der Waals surface area contributed by atoms with E-state index in [4.69, 9.17) is 14.2 Å². The maximum absolute atomic E-state index is 12.6. The summed E-state index contributed by atoms with van der Waals surface area (Å²) < 4.78 is 15.8. The fourth-order valence-electron chi connectivity index (χ4n) is 3.10. The quantitative estimate of drug-likeness (QED) is 0.434. The van der Waals surface area contributed by atoms with Crippen molar-refractivity contribution in [1.29, 1.82) is 0 Å². The van der Waals surface area contributed by atoms with Crippen molar-refractivity contribution in [1.82, 2.24) is 10.3 Å². The number of benzene rings is 2. The van der Waals surface area contributed by atoms with Gasteiger partial charge in [0.1, 0.15) is 10.6 Å². The summed E-state index contributed by atoms with van der Waals surface area (Å²) in [5.41, 5.74) is 2.07. The summed E-state index contributed by atoms with van der Waals surface area (Å²) in [6.07, 6.45) is 0.621. The minimum absolute atomic E-state index is 0.247. The van der Waals surface area contributed by atoms with Crippen molar-refractivity contribution >= 4 is 34.1 Å². The molecule has 0 radical (unpaired) electrons. The van der Waals surface area contributed by atoms with Gasteiger partial charge in [0.2, 0.25) is 0 Å². The minimum Gasteiger partial charge on any atom is -0.495 e. The number of amides is 3. The third kappa shape index (κ3) is 6.13. The van der Waals surface area contributed by atoms with Gasteiger partial charge < -0.3 is 24.8 Å². The lowest BCUT2D eigenvalue weighted by atomic mass is 10.1. The number of nitrogens with zero attached hydrogens (tertiary/aromatic N) is 1. The summed E-state index contributed by atoms with van der Waals surface area (Å²) in [7, 11) is 4.69. The summed E-state index contributed by atoms with van der Waals surface area (Å²) in [6.45, 7) is 2.16. The minimum atomic E-state index is -0.478. The Bertz CT molecular complexity index is 1130. The highest BCUT2D eigenvalue weighted by Crippen LogP contribution is 2.28. The molecule has 1 heterocycles. The van der Waals surface area contributed by atoms with E-state index in [2.05, 4.69) is 20.9 Å². The normalized spacial score (nSPS) is 10.3. The molecule has 0 aliphatic carbocycles. The average Bonchev–Trinajstić information content (AvgIpc) is 3.18. The van der Waals surface area contributed by atoms with Gasteiger partial charge in [-0.15, -0.1) is 0 Å². The molecule has 1 aromatic heterocycles. The van der Waals surface area contributed by atoms with Gasteiger partial charge >= 0.3 is 6.03 Å². The number of aromatic nitrogens is 1. The Morgan fingerprint density at radius 1 is 0.939 bits per heavy atom. The lowest BCUT2D eigenvalue weighted by Crippen LogP contribution is -2.25. The van der Waals surface area contributed by atoms with Gasteiger partial charge in [0.15, 0.2) is 16.6 Å². The molecule has 0 aliphatic heterocycles. The van der Waals surface area contributed by atoms with E-state index in [1.807, 2.05) is 24.3 Å². The fourth-order valence-corrected chi connectivity index (χ4v) is 3.97. The van der Waals surface area contributed by atoms with E-state index in [9.17, 15) is 9.59 Å². The average molecular weight is 471 g/mol. The van der Waals surface area contributed by atoms with E-state index < -0.39 is 6.03 Å². The van der Waals surface area contributed by atoms with Crippen LogP contribution in [-0.4, -0.2) is 44.8 Å². The molecule has 0 fully saturated rings. The molecule has 0 aliphatic rings.